The lowest BCUT2D eigenvalue weighted by Crippen LogP contribution is -2.38. The third-order valence-corrected chi connectivity index (χ3v) is 4.99. The molecule has 0 saturated carbocycles. The van der Waals surface area contributed by atoms with Crippen LogP contribution in [0.5, 0.6) is 0 Å². The first kappa shape index (κ1) is 16.2. The molecule has 3 aliphatic rings. The summed E-state index contributed by atoms with van der Waals surface area (Å²) in [5.74, 6) is -1.39. The van der Waals surface area contributed by atoms with E-state index >= 15 is 0 Å². The van der Waals surface area contributed by atoms with E-state index in [0.29, 0.717) is 5.57 Å². The number of ether oxygens (including phenoxy) is 2. The number of aliphatic hydroxyl groups is 1. The van der Waals surface area contributed by atoms with Crippen LogP contribution in [0, 0.1) is 5.92 Å². The Kier molecular flexibility index (Phi) is 4.55. The monoisotopic (exact) mass is 321 g/mol. The summed E-state index contributed by atoms with van der Waals surface area (Å²) in [6, 6.07) is -0.0150. The summed E-state index contributed by atoms with van der Waals surface area (Å²) in [6.07, 6.45) is 3.35. The number of carbonyl (C=O) groups is 2. The van der Waals surface area contributed by atoms with Crippen molar-refractivity contribution in [1.29, 1.82) is 0 Å². The van der Waals surface area contributed by atoms with Crippen molar-refractivity contribution in [2.75, 3.05) is 19.7 Å². The van der Waals surface area contributed by atoms with Gasteiger partial charge in [0, 0.05) is 18.7 Å². The molecule has 2 saturated heterocycles. The van der Waals surface area contributed by atoms with Gasteiger partial charge in [-0.05, 0) is 31.3 Å². The zero-order valence-corrected chi connectivity index (χ0v) is 13.5. The molecule has 0 aromatic carbocycles. The average molecular weight is 321 g/mol. The summed E-state index contributed by atoms with van der Waals surface area (Å²) in [5, 5.41) is 10.1. The average Bonchev–Trinajstić information content (AvgIpc) is 3.11. The molecule has 3 rings (SSSR count). The Labute approximate surface area is 135 Å². The van der Waals surface area contributed by atoms with Crippen LogP contribution in [0.3, 0.4) is 0 Å². The lowest BCUT2D eigenvalue weighted by atomic mass is 9.95. The minimum Gasteiger partial charge on any atom is -0.459 e. The molecule has 2 fully saturated rings. The van der Waals surface area contributed by atoms with E-state index in [2.05, 4.69) is 4.90 Å². The van der Waals surface area contributed by atoms with Crippen molar-refractivity contribution in [3.05, 3.63) is 23.3 Å². The molecule has 6 nitrogen and oxygen atoms in total. The topological polar surface area (TPSA) is 76.1 Å². The van der Waals surface area contributed by atoms with Gasteiger partial charge in [-0.25, -0.2) is 9.59 Å². The van der Waals surface area contributed by atoms with Crippen LogP contribution >= 0.6 is 0 Å². The second-order valence-electron chi connectivity index (χ2n) is 6.50. The highest BCUT2D eigenvalue weighted by molar-refractivity contribution is 5.88. The van der Waals surface area contributed by atoms with Crippen LogP contribution in [-0.4, -0.2) is 59.9 Å². The minimum absolute atomic E-state index is 0.0150. The predicted molar refractivity (Wildman–Crippen MR) is 82.4 cm³/mol. The van der Waals surface area contributed by atoms with Crippen LogP contribution in [0.2, 0.25) is 0 Å². The van der Waals surface area contributed by atoms with Gasteiger partial charge in [-0.3, -0.25) is 4.90 Å². The highest BCUT2D eigenvalue weighted by Gasteiger charge is 2.42. The number of aliphatic hydroxyl groups excluding tert-OH is 1. The van der Waals surface area contributed by atoms with Crippen LogP contribution < -0.4 is 0 Å². The number of hydrogen-bond acceptors (Lipinski definition) is 6. The highest BCUT2D eigenvalue weighted by Crippen LogP contribution is 2.32. The van der Waals surface area contributed by atoms with E-state index < -0.39 is 18.0 Å². The Balaban J connectivity index is 1.87. The second kappa shape index (κ2) is 6.45. The molecule has 4 atom stereocenters. The van der Waals surface area contributed by atoms with Crippen LogP contribution in [-0.2, 0) is 19.1 Å². The first-order valence-electron chi connectivity index (χ1n) is 8.15. The van der Waals surface area contributed by atoms with Gasteiger partial charge >= 0.3 is 11.9 Å². The maximum Gasteiger partial charge on any atom is 0.335 e. The molecule has 0 spiro atoms. The molecule has 0 bridgehead atoms. The molecule has 0 aliphatic carbocycles. The van der Waals surface area contributed by atoms with Crippen molar-refractivity contribution < 1.29 is 24.2 Å². The lowest BCUT2D eigenvalue weighted by molar-refractivity contribution is -0.156. The minimum atomic E-state index is -1.24. The first-order chi connectivity index (χ1) is 11.0. The summed E-state index contributed by atoms with van der Waals surface area (Å²) in [7, 11) is 0. The molecule has 23 heavy (non-hydrogen) atoms. The van der Waals surface area contributed by atoms with Gasteiger partial charge < -0.3 is 14.6 Å². The van der Waals surface area contributed by atoms with E-state index in [0.717, 1.165) is 25.1 Å². The van der Waals surface area contributed by atoms with Crippen molar-refractivity contribution in [3.63, 3.8) is 0 Å². The maximum atomic E-state index is 12.4. The smallest absolute Gasteiger partial charge is 0.335 e. The highest BCUT2D eigenvalue weighted by atomic mass is 16.6. The van der Waals surface area contributed by atoms with Crippen LogP contribution in [0.15, 0.2) is 23.3 Å². The quantitative estimate of drug-likeness (QED) is 0.404. The number of nitrogens with zero attached hydrogens (tertiary/aromatic N) is 1. The van der Waals surface area contributed by atoms with Gasteiger partial charge in [-0.1, -0.05) is 19.1 Å². The van der Waals surface area contributed by atoms with Gasteiger partial charge in [0.2, 0.25) is 0 Å². The summed E-state index contributed by atoms with van der Waals surface area (Å²) < 4.78 is 11.0. The summed E-state index contributed by atoms with van der Waals surface area (Å²) >= 11 is 0. The molecular formula is C17H23NO5. The molecule has 0 amide bonds. The zero-order valence-electron chi connectivity index (χ0n) is 13.5. The van der Waals surface area contributed by atoms with Gasteiger partial charge in [-0.15, -0.1) is 0 Å². The van der Waals surface area contributed by atoms with E-state index in [1.54, 1.807) is 19.9 Å². The molecule has 126 valence electrons. The summed E-state index contributed by atoms with van der Waals surface area (Å²) in [5.41, 5.74) is 1.45. The largest absolute Gasteiger partial charge is 0.459 e. The Morgan fingerprint density at radius 2 is 2.17 bits per heavy atom. The maximum absolute atomic E-state index is 12.4. The molecular weight excluding hydrogens is 298 g/mol. The van der Waals surface area contributed by atoms with Crippen molar-refractivity contribution in [3.8, 4) is 0 Å². The van der Waals surface area contributed by atoms with Gasteiger partial charge in [-0.2, -0.15) is 0 Å². The Morgan fingerprint density at radius 3 is 2.91 bits per heavy atom. The number of hydrogen-bond donors (Lipinski definition) is 1. The SMILES string of the molecule is C/C=C1\C[C@@H](C)[C@@H](O)C(=O)OCC2=CCN3CC[C@@H](OC1=O)[C@@H]23. The Hall–Kier alpha value is -1.66. The summed E-state index contributed by atoms with van der Waals surface area (Å²) in [6.45, 7) is 5.28. The molecule has 3 heterocycles. The van der Waals surface area contributed by atoms with E-state index in [1.165, 1.54) is 0 Å². The van der Waals surface area contributed by atoms with Crippen LogP contribution in [0.1, 0.15) is 26.7 Å². The fraction of sp³-hybridized carbons (Fsp3) is 0.647. The van der Waals surface area contributed by atoms with Crippen LogP contribution in [0.25, 0.3) is 0 Å². The first-order valence-corrected chi connectivity index (χ1v) is 8.15. The van der Waals surface area contributed by atoms with E-state index in [-0.39, 0.29) is 31.1 Å². The zero-order chi connectivity index (χ0) is 16.6. The third kappa shape index (κ3) is 3.05. The third-order valence-electron chi connectivity index (χ3n) is 4.99. The lowest BCUT2D eigenvalue weighted by Gasteiger charge is -2.26. The molecule has 6 heteroatoms. The number of esters is 2. The van der Waals surface area contributed by atoms with Gasteiger partial charge in [0.1, 0.15) is 12.7 Å². The fourth-order valence-corrected chi connectivity index (χ4v) is 3.59. The van der Waals surface area contributed by atoms with E-state index in [1.807, 2.05) is 6.08 Å². The second-order valence-corrected chi connectivity index (χ2v) is 6.50. The number of cyclic esters (lactones) is 1. The van der Waals surface area contributed by atoms with Gasteiger partial charge in [0.15, 0.2) is 6.10 Å². The standard InChI is InChI=1S/C17H23NO5/c1-3-11-8-10(2)15(19)17(21)22-9-12-4-6-18-7-5-13(14(12)18)23-16(11)20/h3-4,10,13-15,19H,5-9H2,1-2H3/b11-3+/t10-,13-,14-,15-/m1/s1. The Morgan fingerprint density at radius 1 is 1.39 bits per heavy atom. The van der Waals surface area contributed by atoms with E-state index in [4.69, 9.17) is 9.47 Å². The number of allylic oxidation sites excluding steroid dienone is 1. The number of carbonyl (C=O) groups excluding carboxylic acids is 2. The molecule has 0 unspecified atom stereocenters. The van der Waals surface area contributed by atoms with Gasteiger partial charge in [0.25, 0.3) is 0 Å². The molecule has 0 aromatic heterocycles. The molecule has 3 aliphatic heterocycles. The normalized spacial score (nSPS) is 37.5. The summed E-state index contributed by atoms with van der Waals surface area (Å²) in [4.78, 5) is 26.7. The van der Waals surface area contributed by atoms with Crippen molar-refractivity contribution >= 4 is 11.9 Å². The fourth-order valence-electron chi connectivity index (χ4n) is 3.59. The van der Waals surface area contributed by atoms with Gasteiger partial charge in [0.05, 0.1) is 6.04 Å². The molecule has 0 aromatic rings. The van der Waals surface area contributed by atoms with Crippen molar-refractivity contribution in [1.82, 2.24) is 4.90 Å². The van der Waals surface area contributed by atoms with E-state index in [9.17, 15) is 14.7 Å². The van der Waals surface area contributed by atoms with Crippen molar-refractivity contribution in [2.24, 2.45) is 5.92 Å². The Bertz CT molecular complexity index is 567. The van der Waals surface area contributed by atoms with Crippen molar-refractivity contribution in [2.45, 2.75) is 44.9 Å². The molecule has 0 radical (unpaired) electrons. The predicted octanol–water partition coefficient (Wildman–Crippen LogP) is 0.803. The van der Waals surface area contributed by atoms with Crippen LogP contribution in [0.4, 0.5) is 0 Å². The molecule has 1 N–H and O–H groups in total. The number of rotatable bonds is 0.